The minimum Gasteiger partial charge on any atom is -0.444 e. The fraction of sp³-hybridized carbons (Fsp3) is 0.581. The summed E-state index contributed by atoms with van der Waals surface area (Å²) in [6, 6.07) is 19.9. The summed E-state index contributed by atoms with van der Waals surface area (Å²) in [5.41, 5.74) is 0.667. The Hall–Kier alpha value is -2.56. The molecule has 2 aromatic carbocycles. The highest BCUT2D eigenvalue weighted by Crippen LogP contribution is 2.24. The minimum atomic E-state index is -1.22. The van der Waals surface area contributed by atoms with Crippen LogP contribution in [0.15, 0.2) is 60.7 Å². The van der Waals surface area contributed by atoms with Gasteiger partial charge in [-0.3, -0.25) is 0 Å². The Morgan fingerprint density at radius 3 is 1.73 bits per heavy atom. The van der Waals surface area contributed by atoms with E-state index in [0.29, 0.717) is 46.2 Å². The van der Waals surface area contributed by atoms with Crippen LogP contribution >= 0.6 is 0 Å². The van der Waals surface area contributed by atoms with Crippen LogP contribution in [0.4, 0.5) is 9.18 Å². The number of hydrogen-bond donors (Lipinski definition) is 2. The topological polar surface area (TPSA) is 87.3 Å². The van der Waals surface area contributed by atoms with Gasteiger partial charge < -0.3 is 34.3 Å². The summed E-state index contributed by atoms with van der Waals surface area (Å²) in [6.45, 7) is 12.1. The Balaban J connectivity index is 1.54. The first-order valence-electron chi connectivity index (χ1n) is 13.9. The van der Waals surface area contributed by atoms with Crippen molar-refractivity contribution in [3.05, 3.63) is 71.8 Å². The highest BCUT2D eigenvalue weighted by Gasteiger charge is 2.31. The van der Waals surface area contributed by atoms with Crippen molar-refractivity contribution in [1.29, 1.82) is 0 Å². The Morgan fingerprint density at radius 2 is 1.23 bits per heavy atom. The Kier molecular flexibility index (Phi) is 15.1. The van der Waals surface area contributed by atoms with Gasteiger partial charge in [0.2, 0.25) is 0 Å². The summed E-state index contributed by atoms with van der Waals surface area (Å²) in [5.74, 6) is 0. The molecule has 0 aliphatic heterocycles. The summed E-state index contributed by atoms with van der Waals surface area (Å²) < 4.78 is 42.6. The summed E-state index contributed by atoms with van der Waals surface area (Å²) in [7, 11) is 0. The van der Waals surface area contributed by atoms with Gasteiger partial charge in [-0.2, -0.15) is 0 Å². The molecule has 1 atom stereocenters. The quantitative estimate of drug-likeness (QED) is 0.231. The monoisotopic (exact) mass is 562 g/mol. The maximum Gasteiger partial charge on any atom is 0.407 e. The number of hydrogen-bond acceptors (Lipinski definition) is 7. The SMILES string of the molecule is CC(C)(C)OC(=O)NCCOCCOCCOCCOC(C)(C)C(F)CNC(c1ccccc1)c1ccccc1. The second-order valence-corrected chi connectivity index (χ2v) is 10.8. The number of benzene rings is 2. The third-order valence-corrected chi connectivity index (χ3v) is 5.88. The van der Waals surface area contributed by atoms with E-state index in [2.05, 4.69) is 10.6 Å². The number of rotatable bonds is 19. The lowest BCUT2D eigenvalue weighted by atomic mass is 9.97. The maximum absolute atomic E-state index is 15.2. The van der Waals surface area contributed by atoms with Crippen LogP contribution in [0.1, 0.15) is 51.8 Å². The average Bonchev–Trinajstić information content (AvgIpc) is 2.91. The van der Waals surface area contributed by atoms with E-state index in [4.69, 9.17) is 23.7 Å². The van der Waals surface area contributed by atoms with Gasteiger partial charge in [-0.25, -0.2) is 9.18 Å². The van der Waals surface area contributed by atoms with Gasteiger partial charge in [-0.1, -0.05) is 60.7 Å². The zero-order valence-electron chi connectivity index (χ0n) is 24.6. The van der Waals surface area contributed by atoms with Crippen molar-refractivity contribution in [2.24, 2.45) is 0 Å². The standard InChI is InChI=1S/C31H47FN2O6/c1-30(2,3)40-29(35)33-16-17-36-18-19-37-20-21-38-22-23-39-31(4,5)27(32)24-34-28(25-12-8-6-9-13-25)26-14-10-7-11-15-26/h6-15,27-28,34H,16-24H2,1-5H3,(H,33,35). The van der Waals surface area contributed by atoms with Crippen LogP contribution < -0.4 is 10.6 Å². The average molecular weight is 563 g/mol. The van der Waals surface area contributed by atoms with Gasteiger partial charge >= 0.3 is 6.09 Å². The molecule has 1 unspecified atom stereocenters. The minimum absolute atomic E-state index is 0.112. The highest BCUT2D eigenvalue weighted by atomic mass is 19.1. The fourth-order valence-electron chi connectivity index (χ4n) is 3.72. The molecule has 9 heteroatoms. The van der Waals surface area contributed by atoms with Gasteiger partial charge in [0.1, 0.15) is 11.8 Å². The molecule has 0 spiro atoms. The fourth-order valence-corrected chi connectivity index (χ4v) is 3.72. The molecular weight excluding hydrogens is 515 g/mol. The van der Waals surface area contributed by atoms with E-state index in [1.165, 1.54) is 0 Å². The normalized spacial score (nSPS) is 12.9. The van der Waals surface area contributed by atoms with Crippen LogP contribution in [0.25, 0.3) is 0 Å². The lowest BCUT2D eigenvalue weighted by Gasteiger charge is -2.31. The van der Waals surface area contributed by atoms with Gasteiger partial charge in [0.15, 0.2) is 0 Å². The summed E-state index contributed by atoms with van der Waals surface area (Å²) in [5, 5.41) is 6.01. The van der Waals surface area contributed by atoms with Crippen molar-refractivity contribution in [1.82, 2.24) is 10.6 Å². The number of alkyl carbamates (subject to hydrolysis) is 1. The van der Waals surface area contributed by atoms with Gasteiger partial charge in [-0.05, 0) is 45.7 Å². The van der Waals surface area contributed by atoms with Crippen LogP contribution in [0, 0.1) is 0 Å². The summed E-state index contributed by atoms with van der Waals surface area (Å²) >= 11 is 0. The molecule has 224 valence electrons. The molecule has 0 heterocycles. The van der Waals surface area contributed by atoms with Gasteiger partial charge in [0, 0.05) is 13.1 Å². The molecule has 0 radical (unpaired) electrons. The lowest BCUT2D eigenvalue weighted by molar-refractivity contribution is -0.0902. The number of carbonyl (C=O) groups excluding carboxylic acids is 1. The molecule has 0 bridgehead atoms. The molecule has 0 aliphatic rings. The van der Waals surface area contributed by atoms with E-state index < -0.39 is 23.5 Å². The van der Waals surface area contributed by atoms with E-state index in [1.807, 2.05) is 81.4 Å². The predicted octanol–water partition coefficient (Wildman–Crippen LogP) is 5.07. The number of carbonyl (C=O) groups is 1. The second kappa shape index (κ2) is 18.0. The van der Waals surface area contributed by atoms with Crippen molar-refractivity contribution in [3.8, 4) is 0 Å². The molecule has 0 aromatic heterocycles. The number of amides is 1. The van der Waals surface area contributed by atoms with Gasteiger partial charge in [0.25, 0.3) is 0 Å². The number of alkyl halides is 1. The highest BCUT2D eigenvalue weighted by molar-refractivity contribution is 5.67. The van der Waals surface area contributed by atoms with Crippen LogP contribution in [-0.2, 0) is 23.7 Å². The van der Waals surface area contributed by atoms with Crippen molar-refractivity contribution in [2.75, 3.05) is 59.3 Å². The summed E-state index contributed by atoms with van der Waals surface area (Å²) in [6.07, 6.45) is -1.68. The maximum atomic E-state index is 15.2. The summed E-state index contributed by atoms with van der Waals surface area (Å²) in [4.78, 5) is 11.5. The Bertz CT molecular complexity index is 900. The van der Waals surface area contributed by atoms with E-state index in [-0.39, 0.29) is 19.2 Å². The first-order valence-corrected chi connectivity index (χ1v) is 13.9. The zero-order valence-corrected chi connectivity index (χ0v) is 24.6. The molecule has 1 amide bonds. The van der Waals surface area contributed by atoms with Crippen LogP contribution in [0.5, 0.6) is 0 Å². The number of ether oxygens (including phenoxy) is 5. The smallest absolute Gasteiger partial charge is 0.407 e. The molecule has 2 aromatic rings. The molecule has 0 fully saturated rings. The molecular formula is C31H47FN2O6. The Morgan fingerprint density at radius 1 is 0.750 bits per heavy atom. The first kappa shape index (κ1) is 33.6. The molecule has 40 heavy (non-hydrogen) atoms. The predicted molar refractivity (Wildman–Crippen MR) is 154 cm³/mol. The largest absolute Gasteiger partial charge is 0.444 e. The van der Waals surface area contributed by atoms with E-state index in [1.54, 1.807) is 13.8 Å². The molecule has 2 N–H and O–H groups in total. The van der Waals surface area contributed by atoms with Gasteiger partial charge in [0.05, 0.1) is 57.9 Å². The van der Waals surface area contributed by atoms with Crippen molar-refractivity contribution in [2.45, 2.75) is 58.0 Å². The van der Waals surface area contributed by atoms with Crippen molar-refractivity contribution >= 4 is 6.09 Å². The van der Waals surface area contributed by atoms with Crippen molar-refractivity contribution < 1.29 is 32.9 Å². The molecule has 0 aliphatic carbocycles. The van der Waals surface area contributed by atoms with E-state index in [0.717, 1.165) is 11.1 Å². The van der Waals surface area contributed by atoms with Crippen LogP contribution in [-0.4, -0.2) is 82.8 Å². The second-order valence-electron chi connectivity index (χ2n) is 10.8. The molecule has 2 rings (SSSR count). The number of halogens is 1. The van der Waals surface area contributed by atoms with Crippen molar-refractivity contribution in [3.63, 3.8) is 0 Å². The van der Waals surface area contributed by atoms with Crippen LogP contribution in [0.2, 0.25) is 0 Å². The first-order chi connectivity index (χ1) is 19.1. The molecule has 8 nitrogen and oxygen atoms in total. The third-order valence-electron chi connectivity index (χ3n) is 5.88. The van der Waals surface area contributed by atoms with E-state index in [9.17, 15) is 4.79 Å². The molecule has 0 saturated heterocycles. The lowest BCUT2D eigenvalue weighted by Crippen LogP contribution is -2.44. The van der Waals surface area contributed by atoms with E-state index >= 15 is 4.39 Å². The third kappa shape index (κ3) is 14.2. The van der Waals surface area contributed by atoms with Gasteiger partial charge in [-0.15, -0.1) is 0 Å². The Labute approximate surface area is 238 Å². The number of nitrogens with one attached hydrogen (secondary N) is 2. The zero-order chi connectivity index (χ0) is 29.3. The molecule has 0 saturated carbocycles. The van der Waals surface area contributed by atoms with Crippen LogP contribution in [0.3, 0.4) is 0 Å².